The number of ether oxygens (including phenoxy) is 3. The molecule has 2 aliphatic rings. The first-order chi connectivity index (χ1) is 11.6. The molecule has 24 heavy (non-hydrogen) atoms. The van der Waals surface area contributed by atoms with Crippen molar-refractivity contribution in [2.45, 2.75) is 57.9 Å². The second-order valence-electron chi connectivity index (χ2n) is 6.60. The van der Waals surface area contributed by atoms with Gasteiger partial charge in [-0.05, 0) is 25.3 Å². The normalized spacial score (nSPS) is 25.2. The Morgan fingerprint density at radius 1 is 1.29 bits per heavy atom. The molecule has 0 radical (unpaired) electrons. The Morgan fingerprint density at radius 2 is 2.00 bits per heavy atom. The highest BCUT2D eigenvalue weighted by molar-refractivity contribution is 5.85. The first-order valence-electron chi connectivity index (χ1n) is 8.91. The van der Waals surface area contributed by atoms with E-state index in [9.17, 15) is 9.59 Å². The molecule has 7 heteroatoms. The number of amides is 1. The van der Waals surface area contributed by atoms with Crippen molar-refractivity contribution in [1.82, 2.24) is 10.2 Å². The molecule has 2 fully saturated rings. The van der Waals surface area contributed by atoms with Gasteiger partial charge in [0.2, 0.25) is 5.91 Å². The maximum Gasteiger partial charge on any atom is 0.328 e. The van der Waals surface area contributed by atoms with Crippen LogP contribution in [0.3, 0.4) is 0 Å². The lowest BCUT2D eigenvalue weighted by atomic mass is 9.99. The Hall–Kier alpha value is -1.18. The number of hydrogen-bond acceptors (Lipinski definition) is 6. The first-order valence-corrected chi connectivity index (χ1v) is 8.91. The molecule has 3 unspecified atom stereocenters. The number of likely N-dealkylation sites (tertiary alicyclic amines) is 1. The van der Waals surface area contributed by atoms with Gasteiger partial charge < -0.3 is 19.5 Å². The van der Waals surface area contributed by atoms with E-state index in [1.165, 1.54) is 7.11 Å². The lowest BCUT2D eigenvalue weighted by Gasteiger charge is -2.37. The predicted octanol–water partition coefficient (Wildman–Crippen LogP) is 0.918. The second kappa shape index (κ2) is 9.34. The number of piperidine rings is 1. The third kappa shape index (κ3) is 4.91. The molecule has 0 aromatic rings. The Morgan fingerprint density at radius 3 is 2.62 bits per heavy atom. The van der Waals surface area contributed by atoms with Gasteiger partial charge in [-0.3, -0.25) is 9.69 Å². The number of carbonyl (C=O) groups is 2. The van der Waals surface area contributed by atoms with Crippen LogP contribution in [0.4, 0.5) is 0 Å². The van der Waals surface area contributed by atoms with Crippen molar-refractivity contribution in [3.05, 3.63) is 0 Å². The summed E-state index contributed by atoms with van der Waals surface area (Å²) < 4.78 is 16.1. The Bertz CT molecular complexity index is 425. The highest BCUT2D eigenvalue weighted by atomic mass is 16.7. The minimum atomic E-state index is -0.602. The van der Waals surface area contributed by atoms with E-state index in [0.717, 1.165) is 32.2 Å². The smallest absolute Gasteiger partial charge is 0.328 e. The quantitative estimate of drug-likeness (QED) is 0.693. The molecule has 0 aliphatic carbocycles. The second-order valence-corrected chi connectivity index (χ2v) is 6.60. The molecule has 3 atom stereocenters. The van der Waals surface area contributed by atoms with E-state index in [2.05, 4.69) is 10.2 Å². The number of hydrogen-bond donors (Lipinski definition) is 1. The summed E-state index contributed by atoms with van der Waals surface area (Å²) in [5.41, 5.74) is 0. The predicted molar refractivity (Wildman–Crippen MR) is 88.3 cm³/mol. The standard InChI is InChI=1S/C17H30N2O5/c1-4-12(2)15(16(21)22-3)18-14(20)11-19-8-6-5-7-13(19)17-23-9-10-24-17/h12-13,15,17H,4-11H2,1-3H3,(H,18,20). The number of carbonyl (C=O) groups excluding carboxylic acids is 2. The summed E-state index contributed by atoms with van der Waals surface area (Å²) in [5, 5.41) is 2.84. The van der Waals surface area contributed by atoms with Crippen LogP contribution < -0.4 is 5.32 Å². The molecule has 1 N–H and O–H groups in total. The van der Waals surface area contributed by atoms with Gasteiger partial charge in [-0.25, -0.2) is 4.79 Å². The zero-order valence-corrected chi connectivity index (χ0v) is 15.0. The summed E-state index contributed by atoms with van der Waals surface area (Å²) in [6.45, 7) is 6.23. The van der Waals surface area contributed by atoms with Crippen LogP contribution >= 0.6 is 0 Å². The minimum absolute atomic E-state index is 0.0278. The molecule has 1 amide bonds. The fourth-order valence-corrected chi connectivity index (χ4v) is 3.32. The highest BCUT2D eigenvalue weighted by Gasteiger charge is 2.35. The van der Waals surface area contributed by atoms with Crippen LogP contribution in [0.25, 0.3) is 0 Å². The molecule has 0 aromatic carbocycles. The van der Waals surface area contributed by atoms with Crippen molar-refractivity contribution in [2.75, 3.05) is 33.4 Å². The summed E-state index contributed by atoms with van der Waals surface area (Å²) >= 11 is 0. The zero-order chi connectivity index (χ0) is 17.5. The molecular formula is C17H30N2O5. The summed E-state index contributed by atoms with van der Waals surface area (Å²) in [6.07, 6.45) is 3.68. The molecule has 7 nitrogen and oxygen atoms in total. The summed E-state index contributed by atoms with van der Waals surface area (Å²) in [7, 11) is 1.35. The van der Waals surface area contributed by atoms with Gasteiger partial charge in [-0.2, -0.15) is 0 Å². The van der Waals surface area contributed by atoms with Gasteiger partial charge in [0.1, 0.15) is 6.04 Å². The third-order valence-electron chi connectivity index (χ3n) is 4.96. The Balaban J connectivity index is 1.94. The summed E-state index contributed by atoms with van der Waals surface area (Å²) in [6, 6.07) is -0.498. The zero-order valence-electron chi connectivity index (χ0n) is 15.0. The molecule has 2 rings (SSSR count). The number of nitrogens with zero attached hydrogens (tertiary/aromatic N) is 1. The molecule has 0 saturated carbocycles. The number of rotatable bonds is 7. The van der Waals surface area contributed by atoms with E-state index in [0.29, 0.717) is 13.2 Å². The van der Waals surface area contributed by atoms with Crippen LogP contribution in [0.15, 0.2) is 0 Å². The van der Waals surface area contributed by atoms with E-state index in [1.54, 1.807) is 0 Å². The van der Waals surface area contributed by atoms with Crippen LogP contribution in [-0.4, -0.2) is 68.6 Å². The molecule has 0 spiro atoms. The van der Waals surface area contributed by atoms with Crippen LogP contribution in [0.2, 0.25) is 0 Å². The summed E-state index contributed by atoms with van der Waals surface area (Å²) in [5.74, 6) is -0.522. The lowest BCUT2D eigenvalue weighted by Crippen LogP contribution is -2.53. The SMILES string of the molecule is CCC(C)C(NC(=O)CN1CCCCC1C1OCCO1)C(=O)OC. The maximum atomic E-state index is 12.5. The average molecular weight is 342 g/mol. The number of nitrogens with one attached hydrogen (secondary N) is 1. The van der Waals surface area contributed by atoms with Crippen LogP contribution in [-0.2, 0) is 23.8 Å². The van der Waals surface area contributed by atoms with Gasteiger partial charge in [0, 0.05) is 0 Å². The van der Waals surface area contributed by atoms with Crippen LogP contribution in [0, 0.1) is 5.92 Å². The highest BCUT2D eigenvalue weighted by Crippen LogP contribution is 2.24. The van der Waals surface area contributed by atoms with Crippen LogP contribution in [0.5, 0.6) is 0 Å². The fourth-order valence-electron chi connectivity index (χ4n) is 3.32. The van der Waals surface area contributed by atoms with E-state index in [4.69, 9.17) is 14.2 Å². The number of methoxy groups -OCH3 is 1. The topological polar surface area (TPSA) is 77.1 Å². The Labute approximate surface area is 144 Å². The lowest BCUT2D eigenvalue weighted by molar-refractivity contribution is -0.147. The number of esters is 1. The van der Waals surface area contributed by atoms with Gasteiger partial charge >= 0.3 is 5.97 Å². The molecule has 2 saturated heterocycles. The van der Waals surface area contributed by atoms with Crippen molar-refractivity contribution in [2.24, 2.45) is 5.92 Å². The molecule has 138 valence electrons. The van der Waals surface area contributed by atoms with E-state index < -0.39 is 12.0 Å². The van der Waals surface area contributed by atoms with Gasteiger partial charge in [0.25, 0.3) is 0 Å². The third-order valence-corrected chi connectivity index (χ3v) is 4.96. The average Bonchev–Trinajstić information content (AvgIpc) is 3.13. The fraction of sp³-hybridized carbons (Fsp3) is 0.882. The monoisotopic (exact) mass is 342 g/mol. The largest absolute Gasteiger partial charge is 0.467 e. The van der Waals surface area contributed by atoms with E-state index in [-0.39, 0.29) is 30.7 Å². The van der Waals surface area contributed by atoms with Gasteiger partial charge in [-0.1, -0.05) is 26.7 Å². The maximum absolute atomic E-state index is 12.5. The molecule has 0 aromatic heterocycles. The van der Waals surface area contributed by atoms with Gasteiger partial charge in [-0.15, -0.1) is 0 Å². The molecular weight excluding hydrogens is 312 g/mol. The van der Waals surface area contributed by atoms with Crippen molar-refractivity contribution in [1.29, 1.82) is 0 Å². The Kier molecular flexibility index (Phi) is 7.45. The first kappa shape index (κ1) is 19.1. The van der Waals surface area contributed by atoms with Gasteiger partial charge in [0.15, 0.2) is 6.29 Å². The molecule has 0 bridgehead atoms. The van der Waals surface area contributed by atoms with Crippen molar-refractivity contribution < 1.29 is 23.8 Å². The van der Waals surface area contributed by atoms with Crippen molar-refractivity contribution >= 4 is 11.9 Å². The van der Waals surface area contributed by atoms with E-state index in [1.807, 2.05) is 13.8 Å². The minimum Gasteiger partial charge on any atom is -0.467 e. The van der Waals surface area contributed by atoms with Gasteiger partial charge in [0.05, 0.1) is 32.9 Å². The molecule has 2 heterocycles. The van der Waals surface area contributed by atoms with E-state index >= 15 is 0 Å². The molecule has 2 aliphatic heterocycles. The van der Waals surface area contributed by atoms with Crippen molar-refractivity contribution in [3.8, 4) is 0 Å². The van der Waals surface area contributed by atoms with Crippen LogP contribution in [0.1, 0.15) is 39.5 Å². The van der Waals surface area contributed by atoms with Crippen molar-refractivity contribution in [3.63, 3.8) is 0 Å². The summed E-state index contributed by atoms with van der Waals surface area (Å²) in [4.78, 5) is 26.5.